The first-order valence-electron chi connectivity index (χ1n) is 7.66. The van der Waals surface area contributed by atoms with Crippen molar-refractivity contribution in [3.8, 4) is 11.5 Å². The van der Waals surface area contributed by atoms with E-state index in [-0.39, 0.29) is 10.6 Å². The van der Waals surface area contributed by atoms with Gasteiger partial charge in [0.1, 0.15) is 17.2 Å². The van der Waals surface area contributed by atoms with Crippen molar-refractivity contribution in [3.05, 3.63) is 48.5 Å². The van der Waals surface area contributed by atoms with Gasteiger partial charge in [-0.1, -0.05) is 0 Å². The van der Waals surface area contributed by atoms with E-state index >= 15 is 0 Å². The molecular formula is C18H19O7P. The zero-order valence-electron chi connectivity index (χ0n) is 14.3. The van der Waals surface area contributed by atoms with Gasteiger partial charge in [-0.25, -0.2) is 0 Å². The van der Waals surface area contributed by atoms with Crippen LogP contribution in [0.3, 0.4) is 0 Å². The van der Waals surface area contributed by atoms with Gasteiger partial charge in [0, 0.05) is 10.6 Å². The van der Waals surface area contributed by atoms with Crippen molar-refractivity contribution in [3.63, 3.8) is 0 Å². The molecule has 0 fully saturated rings. The fourth-order valence-corrected chi connectivity index (χ4v) is 5.58. The molecule has 2 rings (SSSR count). The predicted octanol–water partition coefficient (Wildman–Crippen LogP) is 1.95. The molecule has 8 heteroatoms. The van der Waals surface area contributed by atoms with Crippen LogP contribution in [-0.4, -0.2) is 42.0 Å². The lowest BCUT2D eigenvalue weighted by Crippen LogP contribution is -2.33. The first-order valence-corrected chi connectivity index (χ1v) is 9.44. The number of aliphatic carboxylic acids is 2. The number of rotatable bonds is 8. The Morgan fingerprint density at radius 3 is 1.54 bits per heavy atom. The van der Waals surface area contributed by atoms with Gasteiger partial charge in [0.2, 0.25) is 0 Å². The maximum Gasteiger partial charge on any atom is 0.315 e. The molecule has 0 saturated heterocycles. The van der Waals surface area contributed by atoms with Crippen molar-refractivity contribution in [2.75, 3.05) is 14.2 Å². The summed E-state index contributed by atoms with van der Waals surface area (Å²) in [7, 11) is -0.847. The quantitative estimate of drug-likeness (QED) is 0.676. The summed E-state index contributed by atoms with van der Waals surface area (Å²) in [5, 5.41) is 19.2. The maximum absolute atomic E-state index is 14.0. The van der Waals surface area contributed by atoms with Crippen LogP contribution in [0, 0.1) is 0 Å². The Kier molecular flexibility index (Phi) is 6.05. The molecular weight excluding hydrogens is 359 g/mol. The minimum atomic E-state index is -3.80. The van der Waals surface area contributed by atoms with Crippen LogP contribution in [-0.2, 0) is 14.2 Å². The molecule has 1 unspecified atom stereocenters. The normalized spacial score (nSPS) is 12.2. The molecule has 7 nitrogen and oxygen atoms in total. The summed E-state index contributed by atoms with van der Waals surface area (Å²) < 4.78 is 24.1. The fraction of sp³-hybridized carbons (Fsp3) is 0.222. The van der Waals surface area contributed by atoms with Crippen LogP contribution in [0.5, 0.6) is 11.5 Å². The summed E-state index contributed by atoms with van der Waals surface area (Å²) in [6.07, 6.45) is -0.759. The molecule has 138 valence electrons. The summed E-state index contributed by atoms with van der Waals surface area (Å²) in [5.74, 6) is -1.73. The highest BCUT2D eigenvalue weighted by molar-refractivity contribution is 7.80. The molecule has 2 N–H and O–H groups in total. The summed E-state index contributed by atoms with van der Waals surface area (Å²) in [5.41, 5.74) is -1.60. The molecule has 0 saturated carbocycles. The van der Waals surface area contributed by atoms with Gasteiger partial charge >= 0.3 is 11.9 Å². The number of benzene rings is 2. The van der Waals surface area contributed by atoms with Gasteiger partial charge in [0.05, 0.1) is 20.6 Å². The number of ether oxygens (including phenoxy) is 2. The van der Waals surface area contributed by atoms with E-state index < -0.39 is 31.2 Å². The molecule has 0 aliphatic carbocycles. The van der Waals surface area contributed by atoms with Crippen molar-refractivity contribution in [1.82, 2.24) is 0 Å². The molecule has 0 aromatic heterocycles. The Balaban J connectivity index is 2.66. The zero-order chi connectivity index (χ0) is 19.3. The molecule has 0 amide bonds. The highest BCUT2D eigenvalue weighted by atomic mass is 31.2. The Morgan fingerprint density at radius 1 is 0.885 bits per heavy atom. The lowest BCUT2D eigenvalue weighted by Gasteiger charge is -2.25. The van der Waals surface area contributed by atoms with E-state index in [0.29, 0.717) is 11.5 Å². The topological polar surface area (TPSA) is 110 Å². The lowest BCUT2D eigenvalue weighted by atomic mass is 10.3. The van der Waals surface area contributed by atoms with Crippen LogP contribution in [0.2, 0.25) is 0 Å². The standard InChI is InChI=1S/C18H19O7P/c1-24-12-3-7-14(8-4-12)26(23,16(18(21)22)11-17(19)20)15-9-5-13(25-2)6-10-15/h3-10,16H,11H2,1-2H3,(H,19,20)(H,21,22). The second-order valence-corrected chi connectivity index (χ2v) is 8.48. The van der Waals surface area contributed by atoms with Gasteiger partial charge in [0.15, 0.2) is 7.14 Å². The molecule has 0 radical (unpaired) electrons. The Labute approximate surface area is 150 Å². The minimum absolute atomic E-state index is 0.247. The Bertz CT molecular complexity index is 776. The third kappa shape index (κ3) is 3.89. The zero-order valence-corrected chi connectivity index (χ0v) is 15.2. The Morgan fingerprint density at radius 2 is 1.27 bits per heavy atom. The highest BCUT2D eigenvalue weighted by Crippen LogP contribution is 2.50. The van der Waals surface area contributed by atoms with Crippen molar-refractivity contribution in [2.45, 2.75) is 12.1 Å². The smallest absolute Gasteiger partial charge is 0.315 e. The van der Waals surface area contributed by atoms with Gasteiger partial charge in [0.25, 0.3) is 0 Å². The van der Waals surface area contributed by atoms with Crippen molar-refractivity contribution in [1.29, 1.82) is 0 Å². The molecule has 26 heavy (non-hydrogen) atoms. The Hall–Kier alpha value is -2.79. The first-order chi connectivity index (χ1) is 12.3. The van der Waals surface area contributed by atoms with Crippen LogP contribution >= 0.6 is 7.14 Å². The second-order valence-electron chi connectivity index (χ2n) is 5.51. The SMILES string of the molecule is COc1ccc(P(=O)(c2ccc(OC)cc2)C(CC(=O)O)C(=O)O)cc1. The van der Waals surface area contributed by atoms with Gasteiger partial charge in [-0.3, -0.25) is 9.59 Å². The monoisotopic (exact) mass is 378 g/mol. The molecule has 0 aliphatic heterocycles. The van der Waals surface area contributed by atoms with Crippen LogP contribution in [0.15, 0.2) is 48.5 Å². The van der Waals surface area contributed by atoms with E-state index in [0.717, 1.165) is 0 Å². The molecule has 0 spiro atoms. The fourth-order valence-electron chi connectivity index (χ4n) is 2.65. The summed E-state index contributed by atoms with van der Waals surface area (Å²) in [6.45, 7) is 0. The van der Waals surface area contributed by atoms with E-state index in [9.17, 15) is 19.3 Å². The molecule has 0 heterocycles. The molecule has 2 aromatic rings. The third-order valence-corrected chi connectivity index (χ3v) is 7.42. The molecule has 0 bridgehead atoms. The van der Waals surface area contributed by atoms with Gasteiger partial charge in [-0.15, -0.1) is 0 Å². The van der Waals surface area contributed by atoms with Crippen LogP contribution in [0.1, 0.15) is 6.42 Å². The van der Waals surface area contributed by atoms with Crippen molar-refractivity contribution >= 4 is 29.7 Å². The average molecular weight is 378 g/mol. The number of carboxylic acids is 2. The van der Waals surface area contributed by atoms with Crippen molar-refractivity contribution in [2.24, 2.45) is 0 Å². The summed E-state index contributed by atoms with van der Waals surface area (Å²) >= 11 is 0. The summed E-state index contributed by atoms with van der Waals surface area (Å²) in [4.78, 5) is 23.0. The second kappa shape index (κ2) is 8.06. The molecule has 0 aliphatic rings. The minimum Gasteiger partial charge on any atom is -0.497 e. The maximum atomic E-state index is 14.0. The summed E-state index contributed by atoms with van der Waals surface area (Å²) in [6, 6.07) is 12.2. The lowest BCUT2D eigenvalue weighted by molar-refractivity contribution is -0.143. The number of hydrogen-bond acceptors (Lipinski definition) is 5. The average Bonchev–Trinajstić information content (AvgIpc) is 2.65. The van der Waals surface area contributed by atoms with Crippen LogP contribution < -0.4 is 20.1 Å². The number of hydrogen-bond donors (Lipinski definition) is 2. The van der Waals surface area contributed by atoms with E-state index in [1.54, 1.807) is 24.3 Å². The number of carboxylic acid groups (broad SMARTS) is 2. The van der Waals surface area contributed by atoms with E-state index in [4.69, 9.17) is 14.6 Å². The number of carbonyl (C=O) groups is 2. The number of methoxy groups -OCH3 is 2. The van der Waals surface area contributed by atoms with Gasteiger partial charge in [-0.2, -0.15) is 0 Å². The van der Waals surface area contributed by atoms with Gasteiger partial charge in [-0.05, 0) is 48.5 Å². The predicted molar refractivity (Wildman–Crippen MR) is 96.5 cm³/mol. The highest BCUT2D eigenvalue weighted by Gasteiger charge is 2.43. The molecule has 1 atom stereocenters. The van der Waals surface area contributed by atoms with Crippen LogP contribution in [0.4, 0.5) is 0 Å². The third-order valence-electron chi connectivity index (χ3n) is 4.00. The molecule has 2 aromatic carbocycles. The van der Waals surface area contributed by atoms with E-state index in [2.05, 4.69) is 0 Å². The van der Waals surface area contributed by atoms with E-state index in [1.165, 1.54) is 38.5 Å². The largest absolute Gasteiger partial charge is 0.497 e. The van der Waals surface area contributed by atoms with Crippen LogP contribution in [0.25, 0.3) is 0 Å². The van der Waals surface area contributed by atoms with Gasteiger partial charge < -0.3 is 24.3 Å². The van der Waals surface area contributed by atoms with Crippen molar-refractivity contribution < 1.29 is 33.8 Å². The van der Waals surface area contributed by atoms with E-state index in [1.807, 2.05) is 0 Å². The first kappa shape index (κ1) is 19.5.